The van der Waals surface area contributed by atoms with Gasteiger partial charge in [-0.1, -0.05) is 13.8 Å². The van der Waals surface area contributed by atoms with Gasteiger partial charge in [0.05, 0.1) is 17.7 Å². The van der Waals surface area contributed by atoms with Gasteiger partial charge in [-0.3, -0.25) is 0 Å². The zero-order valence-electron chi connectivity index (χ0n) is 11.2. The van der Waals surface area contributed by atoms with Crippen LogP contribution in [0, 0.1) is 5.41 Å². The van der Waals surface area contributed by atoms with Gasteiger partial charge in [-0.15, -0.1) is 0 Å². The molecule has 0 radical (unpaired) electrons. The summed E-state index contributed by atoms with van der Waals surface area (Å²) in [5.41, 5.74) is 1.29. The van der Waals surface area contributed by atoms with Crippen LogP contribution in [0.5, 0.6) is 11.5 Å². The first-order valence-electron chi connectivity index (χ1n) is 6.24. The van der Waals surface area contributed by atoms with Gasteiger partial charge >= 0.3 is 0 Å². The molecule has 0 saturated heterocycles. The van der Waals surface area contributed by atoms with E-state index in [2.05, 4.69) is 47.2 Å². The molecule has 0 aromatic heterocycles. The fourth-order valence-corrected chi connectivity index (χ4v) is 2.47. The predicted molar refractivity (Wildman–Crippen MR) is 76.5 cm³/mol. The van der Waals surface area contributed by atoms with Crippen molar-refractivity contribution in [3.8, 4) is 11.5 Å². The minimum Gasteiger partial charge on any atom is -0.489 e. The van der Waals surface area contributed by atoms with Crippen LogP contribution in [-0.2, 0) is 6.42 Å². The molecule has 0 fully saturated rings. The molecule has 100 valence electrons. The maximum absolute atomic E-state index is 5.89. The number of hydrogen-bond donors (Lipinski definition) is 1. The van der Waals surface area contributed by atoms with E-state index in [0.717, 1.165) is 28.9 Å². The van der Waals surface area contributed by atoms with Crippen LogP contribution in [0.1, 0.15) is 19.4 Å². The van der Waals surface area contributed by atoms with Crippen molar-refractivity contribution in [3.05, 3.63) is 22.2 Å². The van der Waals surface area contributed by atoms with Gasteiger partial charge in [0, 0.05) is 5.41 Å². The molecule has 2 rings (SSSR count). The van der Waals surface area contributed by atoms with E-state index in [1.807, 2.05) is 7.05 Å². The van der Waals surface area contributed by atoms with Crippen molar-refractivity contribution in [1.29, 1.82) is 0 Å². The number of ether oxygens (including phenoxy) is 2. The van der Waals surface area contributed by atoms with E-state index >= 15 is 0 Å². The number of rotatable bonds is 3. The molecule has 0 atom stereocenters. The summed E-state index contributed by atoms with van der Waals surface area (Å²) in [5.74, 6) is 1.68. The Balaban J connectivity index is 2.25. The van der Waals surface area contributed by atoms with E-state index in [1.54, 1.807) is 0 Å². The molecule has 1 aromatic carbocycles. The maximum atomic E-state index is 5.89. The van der Waals surface area contributed by atoms with Crippen molar-refractivity contribution in [1.82, 2.24) is 5.32 Å². The molecule has 1 heterocycles. The van der Waals surface area contributed by atoms with E-state index in [9.17, 15) is 0 Å². The number of nitrogens with one attached hydrogen (secondary N) is 1. The highest BCUT2D eigenvalue weighted by atomic mass is 79.9. The Bertz CT molecular complexity index is 432. The van der Waals surface area contributed by atoms with Gasteiger partial charge in [0.2, 0.25) is 0 Å². The molecule has 1 N–H and O–H groups in total. The highest BCUT2D eigenvalue weighted by Gasteiger charge is 2.26. The molecule has 0 unspecified atom stereocenters. The van der Waals surface area contributed by atoms with Crippen LogP contribution in [0.15, 0.2) is 16.6 Å². The molecule has 3 nitrogen and oxygen atoms in total. The first kappa shape index (κ1) is 13.7. The Morgan fingerprint density at radius 1 is 1.28 bits per heavy atom. The van der Waals surface area contributed by atoms with Crippen molar-refractivity contribution in [2.75, 3.05) is 26.8 Å². The lowest BCUT2D eigenvalue weighted by Gasteiger charge is -2.19. The van der Waals surface area contributed by atoms with Crippen LogP contribution in [0.25, 0.3) is 0 Å². The topological polar surface area (TPSA) is 30.5 Å². The average Bonchev–Trinajstić information content (AvgIpc) is 2.46. The monoisotopic (exact) mass is 313 g/mol. The van der Waals surface area contributed by atoms with Crippen LogP contribution in [0.4, 0.5) is 0 Å². The molecule has 1 aromatic rings. The lowest BCUT2D eigenvalue weighted by molar-refractivity contribution is 0.140. The zero-order chi connectivity index (χ0) is 13.2. The molecule has 1 aliphatic heterocycles. The van der Waals surface area contributed by atoms with E-state index in [-0.39, 0.29) is 5.41 Å². The van der Waals surface area contributed by atoms with E-state index in [0.29, 0.717) is 13.2 Å². The van der Waals surface area contributed by atoms with Crippen LogP contribution in [0.3, 0.4) is 0 Å². The van der Waals surface area contributed by atoms with Crippen molar-refractivity contribution >= 4 is 15.9 Å². The quantitative estimate of drug-likeness (QED) is 0.930. The van der Waals surface area contributed by atoms with E-state index in [4.69, 9.17) is 9.47 Å². The number of fused-ring (bicyclic) bond motifs is 1. The second-order valence-electron chi connectivity index (χ2n) is 5.50. The third-order valence-electron chi connectivity index (χ3n) is 2.96. The van der Waals surface area contributed by atoms with E-state index < -0.39 is 0 Å². The van der Waals surface area contributed by atoms with Gasteiger partial charge in [-0.25, -0.2) is 0 Å². The Hall–Kier alpha value is -0.740. The van der Waals surface area contributed by atoms with Gasteiger partial charge in [0.25, 0.3) is 0 Å². The fraction of sp³-hybridized carbons (Fsp3) is 0.571. The van der Waals surface area contributed by atoms with Gasteiger partial charge in [0.15, 0.2) is 11.5 Å². The molecular formula is C14H20BrNO2. The Morgan fingerprint density at radius 3 is 2.72 bits per heavy atom. The fourth-order valence-electron chi connectivity index (χ4n) is 1.86. The number of hydrogen-bond acceptors (Lipinski definition) is 3. The summed E-state index contributed by atoms with van der Waals surface area (Å²) in [4.78, 5) is 0. The molecule has 4 heteroatoms. The maximum Gasteiger partial charge on any atom is 0.175 e. The van der Waals surface area contributed by atoms with Gasteiger partial charge in [-0.05, 0) is 53.6 Å². The Kier molecular flexibility index (Phi) is 4.17. The second kappa shape index (κ2) is 5.49. The van der Waals surface area contributed by atoms with Gasteiger partial charge in [0.1, 0.15) is 0 Å². The molecule has 0 saturated carbocycles. The van der Waals surface area contributed by atoms with Crippen LogP contribution in [0.2, 0.25) is 0 Å². The standard InChI is InChI=1S/C14H20BrNO2/c1-14(2)8-17-12-7-10(4-5-16-3)6-11(15)13(12)18-9-14/h6-7,16H,4-5,8-9H2,1-3H3. The molecule has 0 spiro atoms. The van der Waals surface area contributed by atoms with Crippen LogP contribution >= 0.6 is 15.9 Å². The predicted octanol–water partition coefficient (Wildman–Crippen LogP) is 3.01. The summed E-state index contributed by atoms with van der Waals surface area (Å²) in [5, 5.41) is 3.15. The number of halogens is 1. The first-order chi connectivity index (χ1) is 8.52. The minimum atomic E-state index is 0.0452. The smallest absolute Gasteiger partial charge is 0.175 e. The van der Waals surface area contributed by atoms with E-state index in [1.165, 1.54) is 5.56 Å². The summed E-state index contributed by atoms with van der Waals surface area (Å²) in [6.07, 6.45) is 0.981. The molecular weight excluding hydrogens is 294 g/mol. The van der Waals surface area contributed by atoms with Crippen LogP contribution in [-0.4, -0.2) is 26.8 Å². The average molecular weight is 314 g/mol. The minimum absolute atomic E-state index is 0.0452. The number of likely N-dealkylation sites (N-methyl/N-ethyl adjacent to an activating group) is 1. The SMILES string of the molecule is CNCCc1cc(Br)c2c(c1)OCC(C)(C)CO2. The lowest BCUT2D eigenvalue weighted by atomic mass is 9.97. The summed E-state index contributed by atoms with van der Waals surface area (Å²) in [7, 11) is 1.96. The molecule has 0 aliphatic carbocycles. The second-order valence-corrected chi connectivity index (χ2v) is 6.35. The summed E-state index contributed by atoms with van der Waals surface area (Å²) >= 11 is 3.57. The molecule has 0 amide bonds. The van der Waals surface area contributed by atoms with Crippen molar-refractivity contribution < 1.29 is 9.47 Å². The summed E-state index contributed by atoms with van der Waals surface area (Å²) < 4.78 is 12.7. The van der Waals surface area contributed by atoms with Crippen molar-refractivity contribution in [2.45, 2.75) is 20.3 Å². The third-order valence-corrected chi connectivity index (χ3v) is 3.55. The molecule has 0 bridgehead atoms. The van der Waals surface area contributed by atoms with Gasteiger partial charge < -0.3 is 14.8 Å². The van der Waals surface area contributed by atoms with Crippen molar-refractivity contribution in [2.24, 2.45) is 5.41 Å². The highest BCUT2D eigenvalue weighted by molar-refractivity contribution is 9.10. The zero-order valence-corrected chi connectivity index (χ0v) is 12.8. The summed E-state index contributed by atoms with van der Waals surface area (Å²) in [6, 6.07) is 4.19. The highest BCUT2D eigenvalue weighted by Crippen LogP contribution is 2.40. The number of benzene rings is 1. The summed E-state index contributed by atoms with van der Waals surface area (Å²) in [6.45, 7) is 6.61. The first-order valence-corrected chi connectivity index (χ1v) is 7.04. The lowest BCUT2D eigenvalue weighted by Crippen LogP contribution is -2.26. The Morgan fingerprint density at radius 2 is 2.00 bits per heavy atom. The third kappa shape index (κ3) is 3.18. The largest absolute Gasteiger partial charge is 0.489 e. The van der Waals surface area contributed by atoms with Crippen LogP contribution < -0.4 is 14.8 Å². The van der Waals surface area contributed by atoms with Gasteiger partial charge in [-0.2, -0.15) is 0 Å². The Labute approximate surface area is 117 Å². The molecule has 18 heavy (non-hydrogen) atoms. The van der Waals surface area contributed by atoms with Crippen molar-refractivity contribution in [3.63, 3.8) is 0 Å². The molecule has 1 aliphatic rings. The normalized spacial score (nSPS) is 17.3.